The average Bonchev–Trinajstić information content (AvgIpc) is 2.74. The van der Waals surface area contributed by atoms with Gasteiger partial charge >= 0.3 is 0 Å². The summed E-state index contributed by atoms with van der Waals surface area (Å²) in [6.07, 6.45) is 3.99. The molecule has 0 unspecified atom stereocenters. The highest BCUT2D eigenvalue weighted by Gasteiger charge is 2.32. The smallest absolute Gasteiger partial charge is 0.244 e. The summed E-state index contributed by atoms with van der Waals surface area (Å²) >= 11 is 1.73. The van der Waals surface area contributed by atoms with E-state index in [9.17, 15) is 13.2 Å². The van der Waals surface area contributed by atoms with E-state index >= 15 is 0 Å². The van der Waals surface area contributed by atoms with E-state index in [0.29, 0.717) is 32.5 Å². The summed E-state index contributed by atoms with van der Waals surface area (Å²) in [5, 5.41) is 3.00. The van der Waals surface area contributed by atoms with Crippen molar-refractivity contribution in [2.45, 2.75) is 36.5 Å². The van der Waals surface area contributed by atoms with Gasteiger partial charge in [-0.3, -0.25) is 9.78 Å². The van der Waals surface area contributed by atoms with E-state index in [1.165, 1.54) is 26.5 Å². The largest absolute Gasteiger partial charge is 0.355 e. The van der Waals surface area contributed by atoms with Crippen LogP contribution in [0.25, 0.3) is 0 Å². The zero-order chi connectivity index (χ0) is 20.9. The summed E-state index contributed by atoms with van der Waals surface area (Å²) in [4.78, 5) is 17.7. The van der Waals surface area contributed by atoms with E-state index in [1.54, 1.807) is 30.1 Å². The van der Waals surface area contributed by atoms with E-state index in [0.717, 1.165) is 5.75 Å². The molecule has 156 valence electrons. The summed E-state index contributed by atoms with van der Waals surface area (Å²) in [5.74, 6) is 0.689. The van der Waals surface area contributed by atoms with Gasteiger partial charge in [0, 0.05) is 48.6 Å². The highest BCUT2D eigenvalue weighted by Crippen LogP contribution is 2.24. The van der Waals surface area contributed by atoms with Crippen molar-refractivity contribution in [2.75, 3.05) is 25.4 Å². The number of sulfonamides is 1. The van der Waals surface area contributed by atoms with Crippen LogP contribution in [0.1, 0.15) is 24.0 Å². The molecule has 0 atom stereocenters. The van der Waals surface area contributed by atoms with Crippen LogP contribution in [0.2, 0.25) is 0 Å². The lowest BCUT2D eigenvalue weighted by atomic mass is 9.97. The lowest BCUT2D eigenvalue weighted by Gasteiger charge is -2.30. The summed E-state index contributed by atoms with van der Waals surface area (Å²) in [5.41, 5.74) is 2.55. The Bertz CT molecular complexity index is 941. The number of amides is 1. The number of carbonyl (C=O) groups is 1. The molecule has 2 aromatic rings. The number of benzene rings is 1. The molecule has 29 heavy (non-hydrogen) atoms. The number of hydrogen-bond acceptors (Lipinski definition) is 5. The van der Waals surface area contributed by atoms with Gasteiger partial charge in [0.2, 0.25) is 15.9 Å². The summed E-state index contributed by atoms with van der Waals surface area (Å²) in [6, 6.07) is 9.55. The Morgan fingerprint density at radius 3 is 2.62 bits per heavy atom. The van der Waals surface area contributed by atoms with E-state index in [-0.39, 0.29) is 16.7 Å². The van der Waals surface area contributed by atoms with E-state index in [4.69, 9.17) is 0 Å². The Morgan fingerprint density at radius 1 is 1.21 bits per heavy atom. The number of pyridine rings is 1. The highest BCUT2D eigenvalue weighted by atomic mass is 32.2. The minimum Gasteiger partial charge on any atom is -0.355 e. The molecule has 3 rings (SSSR count). The first-order valence-corrected chi connectivity index (χ1v) is 12.2. The Kier molecular flexibility index (Phi) is 7.32. The maximum absolute atomic E-state index is 12.6. The SMILES string of the molecule is Cc1ccc(SCCNC(=O)C2CCN(S(=O)(=O)c3cccnc3)CC2)cc1C. The zero-order valence-electron chi connectivity index (χ0n) is 16.8. The number of carbonyl (C=O) groups excluding carboxylic acids is 1. The summed E-state index contributed by atoms with van der Waals surface area (Å²) in [6.45, 7) is 5.50. The number of aryl methyl sites for hydroxylation is 2. The third kappa shape index (κ3) is 5.58. The van der Waals surface area contributed by atoms with Crippen LogP contribution in [-0.4, -0.2) is 49.0 Å². The van der Waals surface area contributed by atoms with Crippen LogP contribution in [0.4, 0.5) is 0 Å². The molecule has 1 saturated heterocycles. The molecule has 0 radical (unpaired) electrons. The van der Waals surface area contributed by atoms with Crippen molar-refractivity contribution >= 4 is 27.7 Å². The molecule has 1 N–H and O–H groups in total. The van der Waals surface area contributed by atoms with Crippen molar-refractivity contribution in [2.24, 2.45) is 5.92 Å². The van der Waals surface area contributed by atoms with Gasteiger partial charge in [0.15, 0.2) is 0 Å². The lowest BCUT2D eigenvalue weighted by Crippen LogP contribution is -2.43. The molecular formula is C21H27N3O3S2. The first kappa shape index (κ1) is 21.8. The first-order chi connectivity index (χ1) is 13.9. The Morgan fingerprint density at radius 2 is 1.97 bits per heavy atom. The third-order valence-electron chi connectivity index (χ3n) is 5.25. The van der Waals surface area contributed by atoms with Crippen molar-refractivity contribution < 1.29 is 13.2 Å². The van der Waals surface area contributed by atoms with Crippen LogP contribution in [-0.2, 0) is 14.8 Å². The summed E-state index contributed by atoms with van der Waals surface area (Å²) in [7, 11) is -3.53. The van der Waals surface area contributed by atoms with Gasteiger partial charge in [-0.2, -0.15) is 4.31 Å². The molecule has 0 bridgehead atoms. The summed E-state index contributed by atoms with van der Waals surface area (Å²) < 4.78 is 26.7. The fourth-order valence-electron chi connectivity index (χ4n) is 3.30. The van der Waals surface area contributed by atoms with Crippen LogP contribution in [0, 0.1) is 19.8 Å². The number of thioether (sulfide) groups is 1. The van der Waals surface area contributed by atoms with Crippen molar-refractivity contribution in [1.82, 2.24) is 14.6 Å². The standard InChI is InChI=1S/C21H27N3O3S2/c1-16-5-6-19(14-17(16)2)28-13-10-23-21(25)18-7-11-24(12-8-18)29(26,27)20-4-3-9-22-15-20/h3-6,9,14-15,18H,7-8,10-13H2,1-2H3,(H,23,25). The second-order valence-corrected chi connectivity index (χ2v) is 10.4. The second kappa shape index (κ2) is 9.73. The maximum atomic E-state index is 12.6. The van der Waals surface area contributed by atoms with E-state index < -0.39 is 10.0 Å². The van der Waals surface area contributed by atoms with Crippen LogP contribution in [0.3, 0.4) is 0 Å². The molecular weight excluding hydrogens is 406 g/mol. The minimum absolute atomic E-state index is 0.0177. The van der Waals surface area contributed by atoms with Crippen LogP contribution in [0.15, 0.2) is 52.5 Å². The Labute approximate surface area is 177 Å². The lowest BCUT2D eigenvalue weighted by molar-refractivity contribution is -0.125. The first-order valence-electron chi connectivity index (χ1n) is 9.76. The minimum atomic E-state index is -3.53. The molecule has 1 amide bonds. The van der Waals surface area contributed by atoms with Gasteiger partial charge in [0.25, 0.3) is 0 Å². The molecule has 8 heteroatoms. The van der Waals surface area contributed by atoms with E-state index in [2.05, 4.69) is 42.3 Å². The Hall–Kier alpha value is -1.90. The average molecular weight is 434 g/mol. The fourth-order valence-corrected chi connectivity index (χ4v) is 5.60. The number of aromatic nitrogens is 1. The van der Waals surface area contributed by atoms with Gasteiger partial charge in [-0.25, -0.2) is 8.42 Å². The quantitative estimate of drug-likeness (QED) is 0.536. The number of hydrogen-bond donors (Lipinski definition) is 1. The molecule has 0 aliphatic carbocycles. The molecule has 1 aromatic heterocycles. The fraction of sp³-hybridized carbons (Fsp3) is 0.429. The second-order valence-electron chi connectivity index (χ2n) is 7.25. The zero-order valence-corrected chi connectivity index (χ0v) is 18.4. The van der Waals surface area contributed by atoms with Gasteiger partial charge < -0.3 is 5.32 Å². The van der Waals surface area contributed by atoms with Crippen molar-refractivity contribution in [3.05, 3.63) is 53.9 Å². The molecule has 1 aliphatic heterocycles. The Balaban J connectivity index is 1.42. The number of nitrogens with zero attached hydrogens (tertiary/aromatic N) is 2. The van der Waals surface area contributed by atoms with Gasteiger partial charge in [-0.05, 0) is 62.1 Å². The number of rotatable bonds is 7. The third-order valence-corrected chi connectivity index (χ3v) is 8.12. The predicted octanol–water partition coefficient (Wildman–Crippen LogP) is 3.01. The molecule has 1 aliphatic rings. The van der Waals surface area contributed by atoms with Gasteiger partial charge in [-0.1, -0.05) is 6.07 Å². The van der Waals surface area contributed by atoms with Crippen molar-refractivity contribution in [3.8, 4) is 0 Å². The topological polar surface area (TPSA) is 79.4 Å². The van der Waals surface area contributed by atoms with E-state index in [1.807, 2.05) is 0 Å². The normalized spacial score (nSPS) is 15.9. The van der Waals surface area contributed by atoms with Gasteiger partial charge in [-0.15, -0.1) is 11.8 Å². The number of piperidine rings is 1. The molecule has 0 spiro atoms. The maximum Gasteiger partial charge on any atom is 0.244 e. The molecule has 1 fully saturated rings. The molecule has 6 nitrogen and oxygen atoms in total. The van der Waals surface area contributed by atoms with Crippen LogP contribution < -0.4 is 5.32 Å². The van der Waals surface area contributed by atoms with Gasteiger partial charge in [0.05, 0.1) is 0 Å². The predicted molar refractivity (Wildman–Crippen MR) is 115 cm³/mol. The molecule has 0 saturated carbocycles. The molecule has 1 aromatic carbocycles. The number of nitrogens with one attached hydrogen (secondary N) is 1. The van der Waals surface area contributed by atoms with Crippen LogP contribution in [0.5, 0.6) is 0 Å². The van der Waals surface area contributed by atoms with Crippen molar-refractivity contribution in [1.29, 1.82) is 0 Å². The van der Waals surface area contributed by atoms with Crippen molar-refractivity contribution in [3.63, 3.8) is 0 Å². The molecule has 2 heterocycles. The van der Waals surface area contributed by atoms with Gasteiger partial charge in [0.1, 0.15) is 4.90 Å². The van der Waals surface area contributed by atoms with Crippen LogP contribution >= 0.6 is 11.8 Å². The highest BCUT2D eigenvalue weighted by molar-refractivity contribution is 7.99. The monoisotopic (exact) mass is 433 g/mol.